The number of pyridine rings is 1. The Morgan fingerprint density at radius 3 is 3.00 bits per heavy atom. The van der Waals surface area contributed by atoms with E-state index >= 15 is 0 Å². The zero-order valence-corrected chi connectivity index (χ0v) is 8.06. The van der Waals surface area contributed by atoms with Gasteiger partial charge in [-0.2, -0.15) is 0 Å². The Labute approximate surface area is 82.5 Å². The monoisotopic (exact) mass is 195 g/mol. The lowest BCUT2D eigenvalue weighted by Crippen LogP contribution is -2.03. The van der Waals surface area contributed by atoms with E-state index in [1.54, 1.807) is 6.07 Å². The van der Waals surface area contributed by atoms with Crippen molar-refractivity contribution in [1.29, 1.82) is 0 Å². The van der Waals surface area contributed by atoms with E-state index in [9.17, 15) is 4.79 Å². The summed E-state index contributed by atoms with van der Waals surface area (Å²) in [6, 6.07) is 5.49. The zero-order chi connectivity index (χ0) is 10.4. The second-order valence-corrected chi connectivity index (χ2v) is 2.96. The Bertz CT molecular complexity index is 312. The van der Waals surface area contributed by atoms with Crippen molar-refractivity contribution >= 4 is 5.97 Å². The highest BCUT2D eigenvalue weighted by Crippen LogP contribution is 2.07. The number of carboxylic acid groups (broad SMARTS) is 1. The number of aryl methyl sites for hydroxylation is 1. The molecule has 1 N–H and O–H groups in total. The van der Waals surface area contributed by atoms with Gasteiger partial charge in [-0.05, 0) is 19.4 Å². The maximum absolute atomic E-state index is 10.2. The van der Waals surface area contributed by atoms with Crippen LogP contribution >= 0.6 is 0 Å². The normalized spacial score (nSPS) is 9.79. The second kappa shape index (κ2) is 5.21. The van der Waals surface area contributed by atoms with E-state index < -0.39 is 5.97 Å². The predicted molar refractivity (Wildman–Crippen MR) is 51.3 cm³/mol. The molecule has 1 aromatic heterocycles. The molecule has 4 nitrogen and oxygen atoms in total. The van der Waals surface area contributed by atoms with Gasteiger partial charge in [-0.15, -0.1) is 0 Å². The summed E-state index contributed by atoms with van der Waals surface area (Å²) in [6.07, 6.45) is 0.636. The summed E-state index contributed by atoms with van der Waals surface area (Å²) >= 11 is 0. The summed E-state index contributed by atoms with van der Waals surface area (Å²) < 4.78 is 5.26. The highest BCUT2D eigenvalue weighted by molar-refractivity contribution is 5.66. The first-order valence-electron chi connectivity index (χ1n) is 4.47. The van der Waals surface area contributed by atoms with Gasteiger partial charge in [0.05, 0.1) is 6.61 Å². The molecule has 14 heavy (non-hydrogen) atoms. The van der Waals surface area contributed by atoms with Crippen molar-refractivity contribution in [3.63, 3.8) is 0 Å². The van der Waals surface area contributed by atoms with Crippen molar-refractivity contribution in [1.82, 2.24) is 4.98 Å². The van der Waals surface area contributed by atoms with Gasteiger partial charge in [0.2, 0.25) is 5.88 Å². The van der Waals surface area contributed by atoms with Crippen molar-refractivity contribution in [3.05, 3.63) is 23.9 Å². The van der Waals surface area contributed by atoms with Crippen LogP contribution in [0.5, 0.6) is 5.88 Å². The lowest BCUT2D eigenvalue weighted by molar-refractivity contribution is -0.137. The van der Waals surface area contributed by atoms with Gasteiger partial charge in [0.1, 0.15) is 0 Å². The van der Waals surface area contributed by atoms with Crippen LogP contribution in [0, 0.1) is 6.92 Å². The topological polar surface area (TPSA) is 59.4 Å². The number of hydrogen-bond donors (Lipinski definition) is 1. The minimum Gasteiger partial charge on any atom is -0.481 e. The van der Waals surface area contributed by atoms with Gasteiger partial charge in [-0.25, -0.2) is 4.98 Å². The summed E-state index contributed by atoms with van der Waals surface area (Å²) in [5.74, 6) is -0.249. The van der Waals surface area contributed by atoms with Gasteiger partial charge in [-0.3, -0.25) is 4.79 Å². The third-order valence-corrected chi connectivity index (χ3v) is 1.65. The summed E-state index contributed by atoms with van der Waals surface area (Å²) in [4.78, 5) is 14.3. The van der Waals surface area contributed by atoms with Crippen molar-refractivity contribution < 1.29 is 14.6 Å². The molecule has 0 radical (unpaired) electrons. The summed E-state index contributed by atoms with van der Waals surface area (Å²) in [7, 11) is 0. The van der Waals surface area contributed by atoms with E-state index in [1.165, 1.54) is 0 Å². The van der Waals surface area contributed by atoms with Crippen LogP contribution in [0.25, 0.3) is 0 Å². The van der Waals surface area contributed by atoms with E-state index in [4.69, 9.17) is 9.84 Å². The highest BCUT2D eigenvalue weighted by Gasteiger charge is 1.98. The Morgan fingerprint density at radius 1 is 1.57 bits per heavy atom. The van der Waals surface area contributed by atoms with E-state index in [0.29, 0.717) is 18.9 Å². The van der Waals surface area contributed by atoms with Crippen LogP contribution in [-0.4, -0.2) is 22.7 Å². The van der Waals surface area contributed by atoms with Crippen LogP contribution in [0.15, 0.2) is 18.2 Å². The first kappa shape index (κ1) is 10.5. The SMILES string of the molecule is Cc1cccc(OCCCC(=O)O)n1. The van der Waals surface area contributed by atoms with E-state index in [0.717, 1.165) is 5.69 Å². The maximum Gasteiger partial charge on any atom is 0.303 e. The van der Waals surface area contributed by atoms with Crippen molar-refractivity contribution in [2.75, 3.05) is 6.61 Å². The van der Waals surface area contributed by atoms with Crippen LogP contribution in [0.2, 0.25) is 0 Å². The number of hydrogen-bond acceptors (Lipinski definition) is 3. The number of ether oxygens (including phenoxy) is 1. The molecule has 0 aliphatic rings. The molecular weight excluding hydrogens is 182 g/mol. The molecule has 0 aromatic carbocycles. The average Bonchev–Trinajstić information content (AvgIpc) is 2.12. The first-order chi connectivity index (χ1) is 6.68. The van der Waals surface area contributed by atoms with Crippen LogP contribution < -0.4 is 4.74 Å². The summed E-state index contributed by atoms with van der Waals surface area (Å²) in [6.45, 7) is 2.27. The lowest BCUT2D eigenvalue weighted by atomic mass is 10.3. The molecule has 4 heteroatoms. The highest BCUT2D eigenvalue weighted by atomic mass is 16.5. The molecule has 0 amide bonds. The third kappa shape index (κ3) is 3.89. The average molecular weight is 195 g/mol. The van der Waals surface area contributed by atoms with Crippen molar-refractivity contribution in [3.8, 4) is 5.88 Å². The predicted octanol–water partition coefficient (Wildman–Crippen LogP) is 1.63. The van der Waals surface area contributed by atoms with Gasteiger partial charge in [-0.1, -0.05) is 6.07 Å². The van der Waals surface area contributed by atoms with Gasteiger partial charge >= 0.3 is 5.97 Å². The Hall–Kier alpha value is -1.58. The largest absolute Gasteiger partial charge is 0.481 e. The summed E-state index contributed by atoms with van der Waals surface area (Å²) in [5, 5.41) is 8.38. The zero-order valence-electron chi connectivity index (χ0n) is 8.06. The molecule has 0 saturated heterocycles. The third-order valence-electron chi connectivity index (χ3n) is 1.65. The fraction of sp³-hybridized carbons (Fsp3) is 0.400. The van der Waals surface area contributed by atoms with Crippen LogP contribution in [0.3, 0.4) is 0 Å². The molecule has 0 atom stereocenters. The first-order valence-corrected chi connectivity index (χ1v) is 4.47. The number of nitrogens with zero attached hydrogens (tertiary/aromatic N) is 1. The maximum atomic E-state index is 10.2. The van der Waals surface area contributed by atoms with Crippen molar-refractivity contribution in [2.24, 2.45) is 0 Å². The molecule has 0 fully saturated rings. The molecule has 0 unspecified atom stereocenters. The molecule has 1 aromatic rings. The molecule has 1 rings (SSSR count). The van der Waals surface area contributed by atoms with E-state index in [-0.39, 0.29) is 6.42 Å². The number of rotatable bonds is 5. The molecule has 0 spiro atoms. The number of carbonyl (C=O) groups is 1. The smallest absolute Gasteiger partial charge is 0.303 e. The minimum absolute atomic E-state index is 0.131. The standard InChI is InChI=1S/C10H13NO3/c1-8-4-2-5-9(11-8)14-7-3-6-10(12)13/h2,4-5H,3,6-7H2,1H3,(H,12,13). The van der Waals surface area contributed by atoms with E-state index in [2.05, 4.69) is 4.98 Å². The Kier molecular flexibility index (Phi) is 3.91. The quantitative estimate of drug-likeness (QED) is 0.725. The molecule has 0 aliphatic carbocycles. The minimum atomic E-state index is -0.800. The number of aliphatic carboxylic acids is 1. The molecule has 76 valence electrons. The van der Waals surface area contributed by atoms with Gasteiger partial charge in [0.15, 0.2) is 0 Å². The van der Waals surface area contributed by atoms with Crippen molar-refractivity contribution in [2.45, 2.75) is 19.8 Å². The molecule has 0 aliphatic heterocycles. The fourth-order valence-corrected chi connectivity index (χ4v) is 0.999. The molecule has 0 bridgehead atoms. The Balaban J connectivity index is 2.28. The number of aromatic nitrogens is 1. The van der Waals surface area contributed by atoms with E-state index in [1.807, 2.05) is 19.1 Å². The number of carboxylic acids is 1. The van der Waals surface area contributed by atoms with Gasteiger partial charge in [0, 0.05) is 18.2 Å². The fourth-order valence-electron chi connectivity index (χ4n) is 0.999. The van der Waals surface area contributed by atoms with Gasteiger partial charge in [0.25, 0.3) is 0 Å². The molecule has 1 heterocycles. The van der Waals surface area contributed by atoms with Crippen LogP contribution in [0.1, 0.15) is 18.5 Å². The molecular formula is C10H13NO3. The summed E-state index contributed by atoms with van der Waals surface area (Å²) in [5.41, 5.74) is 0.890. The Morgan fingerprint density at radius 2 is 2.36 bits per heavy atom. The van der Waals surface area contributed by atoms with Crippen LogP contribution in [0.4, 0.5) is 0 Å². The van der Waals surface area contributed by atoms with Gasteiger partial charge < -0.3 is 9.84 Å². The lowest BCUT2D eigenvalue weighted by Gasteiger charge is -2.03. The van der Waals surface area contributed by atoms with Crippen LogP contribution in [-0.2, 0) is 4.79 Å². The second-order valence-electron chi connectivity index (χ2n) is 2.96. The molecule has 0 saturated carbocycles.